The number of halogens is 1. The van der Waals surface area contributed by atoms with E-state index in [1.807, 2.05) is 13.8 Å². The first-order valence-electron chi connectivity index (χ1n) is 7.34. The van der Waals surface area contributed by atoms with Crippen molar-refractivity contribution in [2.75, 3.05) is 26.8 Å². The molecule has 1 aromatic rings. The maximum atomic E-state index is 12.5. The Morgan fingerprint density at radius 1 is 1.48 bits per heavy atom. The molecule has 0 atom stereocenters. The number of hydrogen-bond donors (Lipinski definition) is 0. The van der Waals surface area contributed by atoms with Crippen molar-refractivity contribution in [2.24, 2.45) is 5.92 Å². The predicted octanol–water partition coefficient (Wildman–Crippen LogP) is 2.75. The maximum Gasteiger partial charge on any atom is 0.273 e. The highest BCUT2D eigenvalue weighted by Gasteiger charge is 2.22. The molecule has 0 bridgehead atoms. The van der Waals surface area contributed by atoms with Gasteiger partial charge in [-0.3, -0.25) is 4.79 Å². The van der Waals surface area contributed by atoms with Gasteiger partial charge in [0.2, 0.25) is 0 Å². The van der Waals surface area contributed by atoms with Gasteiger partial charge in [-0.1, -0.05) is 25.4 Å². The highest BCUT2D eigenvalue weighted by molar-refractivity contribution is 6.33. The van der Waals surface area contributed by atoms with E-state index in [0.29, 0.717) is 29.0 Å². The van der Waals surface area contributed by atoms with Crippen molar-refractivity contribution in [1.82, 2.24) is 14.9 Å². The Morgan fingerprint density at radius 2 is 2.14 bits per heavy atom. The van der Waals surface area contributed by atoms with Crippen LogP contribution in [0, 0.1) is 5.92 Å². The molecule has 0 N–H and O–H groups in total. The summed E-state index contributed by atoms with van der Waals surface area (Å²) >= 11 is 6.09. The average molecular weight is 312 g/mol. The number of carbonyl (C=O) groups is 1. The van der Waals surface area contributed by atoms with E-state index in [4.69, 9.17) is 16.3 Å². The quantitative estimate of drug-likeness (QED) is 0.858. The van der Waals surface area contributed by atoms with Crippen molar-refractivity contribution in [2.45, 2.75) is 32.6 Å². The van der Waals surface area contributed by atoms with Gasteiger partial charge in [0.25, 0.3) is 5.91 Å². The minimum absolute atomic E-state index is 0.143. The van der Waals surface area contributed by atoms with Crippen LogP contribution in [0.5, 0.6) is 0 Å². The summed E-state index contributed by atoms with van der Waals surface area (Å²) in [7, 11) is 1.80. The lowest BCUT2D eigenvalue weighted by Crippen LogP contribution is -2.35. The molecule has 0 aliphatic carbocycles. The fourth-order valence-corrected chi connectivity index (χ4v) is 2.56. The smallest absolute Gasteiger partial charge is 0.273 e. The van der Waals surface area contributed by atoms with Gasteiger partial charge in [0.05, 0.1) is 11.2 Å². The molecule has 1 aliphatic heterocycles. The largest absolute Gasteiger partial charge is 0.381 e. The van der Waals surface area contributed by atoms with Crippen LogP contribution < -0.4 is 0 Å². The fourth-order valence-electron chi connectivity index (χ4n) is 2.39. The Morgan fingerprint density at radius 3 is 2.76 bits per heavy atom. The summed E-state index contributed by atoms with van der Waals surface area (Å²) in [6.45, 7) is 6.24. The minimum atomic E-state index is -0.143. The van der Waals surface area contributed by atoms with Crippen LogP contribution in [-0.2, 0) is 4.74 Å². The second-order valence-corrected chi connectivity index (χ2v) is 6.23. The Bertz CT molecular complexity index is 502. The van der Waals surface area contributed by atoms with Gasteiger partial charge < -0.3 is 9.64 Å². The molecule has 1 amide bonds. The van der Waals surface area contributed by atoms with E-state index < -0.39 is 0 Å². The van der Waals surface area contributed by atoms with Gasteiger partial charge in [-0.05, 0) is 18.8 Å². The Kier molecular flexibility index (Phi) is 5.53. The second-order valence-electron chi connectivity index (χ2n) is 5.82. The van der Waals surface area contributed by atoms with Crippen LogP contribution in [0.4, 0.5) is 0 Å². The van der Waals surface area contributed by atoms with Crippen molar-refractivity contribution in [1.29, 1.82) is 0 Å². The molecule has 6 heteroatoms. The summed E-state index contributed by atoms with van der Waals surface area (Å²) in [5, 5.41) is 0.309. The van der Waals surface area contributed by atoms with Crippen LogP contribution in [-0.4, -0.2) is 47.6 Å². The zero-order valence-electron chi connectivity index (χ0n) is 12.8. The van der Waals surface area contributed by atoms with Gasteiger partial charge in [-0.15, -0.1) is 0 Å². The van der Waals surface area contributed by atoms with E-state index in [-0.39, 0.29) is 11.8 Å². The van der Waals surface area contributed by atoms with E-state index in [2.05, 4.69) is 9.97 Å². The van der Waals surface area contributed by atoms with E-state index in [9.17, 15) is 4.79 Å². The SMILES string of the molecule is CC(C)c1ncc(Cl)c(C(=O)N(C)CC2CCOCC2)n1. The third-order valence-corrected chi connectivity index (χ3v) is 3.98. The van der Waals surface area contributed by atoms with Crippen LogP contribution >= 0.6 is 11.6 Å². The zero-order chi connectivity index (χ0) is 15.4. The molecule has 2 heterocycles. The number of rotatable bonds is 4. The van der Waals surface area contributed by atoms with Crippen LogP contribution in [0.2, 0.25) is 5.02 Å². The number of aromatic nitrogens is 2. The summed E-state index contributed by atoms with van der Waals surface area (Å²) in [6, 6.07) is 0. The molecule has 0 saturated carbocycles. The Labute approximate surface area is 130 Å². The summed E-state index contributed by atoms with van der Waals surface area (Å²) in [6.07, 6.45) is 3.50. The van der Waals surface area contributed by atoms with Crippen molar-refractivity contribution in [3.05, 3.63) is 22.7 Å². The van der Waals surface area contributed by atoms with Crippen molar-refractivity contribution in [3.8, 4) is 0 Å². The molecule has 5 nitrogen and oxygen atoms in total. The number of hydrogen-bond acceptors (Lipinski definition) is 4. The second kappa shape index (κ2) is 7.18. The van der Waals surface area contributed by atoms with E-state index in [0.717, 1.165) is 26.1 Å². The highest BCUT2D eigenvalue weighted by Crippen LogP contribution is 2.20. The Hall–Kier alpha value is -1.20. The number of carbonyl (C=O) groups excluding carboxylic acids is 1. The normalized spacial score (nSPS) is 16.2. The first-order chi connectivity index (χ1) is 9.99. The summed E-state index contributed by atoms with van der Waals surface area (Å²) in [5.74, 6) is 1.14. The molecule has 116 valence electrons. The summed E-state index contributed by atoms with van der Waals surface area (Å²) in [4.78, 5) is 22.7. The van der Waals surface area contributed by atoms with Gasteiger partial charge in [0.15, 0.2) is 5.69 Å². The lowest BCUT2D eigenvalue weighted by atomic mass is 10.00. The highest BCUT2D eigenvalue weighted by atomic mass is 35.5. The standard InChI is InChI=1S/C15H22ClN3O2/c1-10(2)14-17-8-12(16)13(18-14)15(20)19(3)9-11-4-6-21-7-5-11/h8,10-11H,4-7,9H2,1-3H3. The monoisotopic (exact) mass is 311 g/mol. The third-order valence-electron chi connectivity index (χ3n) is 3.70. The van der Waals surface area contributed by atoms with Crippen molar-refractivity contribution in [3.63, 3.8) is 0 Å². The molecule has 1 saturated heterocycles. The first-order valence-corrected chi connectivity index (χ1v) is 7.72. The molecule has 1 fully saturated rings. The van der Waals surface area contributed by atoms with E-state index >= 15 is 0 Å². The van der Waals surface area contributed by atoms with E-state index in [1.54, 1.807) is 11.9 Å². The van der Waals surface area contributed by atoms with E-state index in [1.165, 1.54) is 6.20 Å². The molecule has 0 aromatic carbocycles. The number of ether oxygens (including phenoxy) is 1. The van der Waals surface area contributed by atoms with Crippen molar-refractivity contribution >= 4 is 17.5 Å². The molecule has 0 spiro atoms. The molecule has 1 aliphatic rings. The molecule has 0 radical (unpaired) electrons. The summed E-state index contributed by atoms with van der Waals surface area (Å²) < 4.78 is 5.34. The van der Waals surface area contributed by atoms with Crippen LogP contribution in [0.15, 0.2) is 6.20 Å². The summed E-state index contributed by atoms with van der Waals surface area (Å²) in [5.41, 5.74) is 0.296. The Balaban J connectivity index is 2.09. The lowest BCUT2D eigenvalue weighted by molar-refractivity contribution is 0.0495. The van der Waals surface area contributed by atoms with Gasteiger partial charge in [-0.2, -0.15) is 0 Å². The van der Waals surface area contributed by atoms with Gasteiger partial charge in [-0.25, -0.2) is 9.97 Å². The minimum Gasteiger partial charge on any atom is -0.381 e. The maximum absolute atomic E-state index is 12.5. The molecule has 21 heavy (non-hydrogen) atoms. The molecule has 0 unspecified atom stereocenters. The number of amides is 1. The molecular formula is C15H22ClN3O2. The average Bonchev–Trinajstić information content (AvgIpc) is 2.47. The first kappa shape index (κ1) is 16.2. The molecular weight excluding hydrogens is 290 g/mol. The van der Waals surface area contributed by atoms with Gasteiger partial charge in [0.1, 0.15) is 5.82 Å². The van der Waals surface area contributed by atoms with Gasteiger partial charge >= 0.3 is 0 Å². The van der Waals surface area contributed by atoms with Gasteiger partial charge in [0, 0.05) is 32.7 Å². The fraction of sp³-hybridized carbons (Fsp3) is 0.667. The van der Waals surface area contributed by atoms with Crippen LogP contribution in [0.1, 0.15) is 48.9 Å². The molecule has 1 aromatic heterocycles. The predicted molar refractivity (Wildman–Crippen MR) is 81.6 cm³/mol. The van der Waals surface area contributed by atoms with Crippen molar-refractivity contribution < 1.29 is 9.53 Å². The molecule has 2 rings (SSSR count). The topological polar surface area (TPSA) is 55.3 Å². The zero-order valence-corrected chi connectivity index (χ0v) is 13.6. The van der Waals surface area contributed by atoms with Crippen LogP contribution in [0.3, 0.4) is 0 Å². The third kappa shape index (κ3) is 4.14. The number of nitrogens with zero attached hydrogens (tertiary/aromatic N) is 3. The van der Waals surface area contributed by atoms with Crippen LogP contribution in [0.25, 0.3) is 0 Å². The lowest BCUT2D eigenvalue weighted by Gasteiger charge is -2.27.